The van der Waals surface area contributed by atoms with E-state index in [1.807, 2.05) is 48.5 Å². The van der Waals surface area contributed by atoms with E-state index in [0.29, 0.717) is 6.54 Å². The van der Waals surface area contributed by atoms with Gasteiger partial charge in [-0.2, -0.15) is 0 Å². The van der Waals surface area contributed by atoms with Gasteiger partial charge in [-0.15, -0.1) is 4.72 Å². The molecule has 0 saturated carbocycles. The van der Waals surface area contributed by atoms with E-state index in [2.05, 4.69) is 14.9 Å². The summed E-state index contributed by atoms with van der Waals surface area (Å²) in [5.41, 5.74) is 1.10. The minimum atomic E-state index is -1.27. The molecule has 1 heterocycles. The van der Waals surface area contributed by atoms with Crippen molar-refractivity contribution in [2.24, 2.45) is 0 Å². The van der Waals surface area contributed by atoms with Crippen molar-refractivity contribution in [3.63, 3.8) is 0 Å². The fraction of sp³-hybridized carbons (Fsp3) is 0.667. The highest BCUT2D eigenvalue weighted by molar-refractivity contribution is 7.90. The van der Waals surface area contributed by atoms with Gasteiger partial charge in [0.2, 0.25) is 0 Å². The van der Waals surface area contributed by atoms with Crippen molar-refractivity contribution in [1.82, 2.24) is 10.0 Å². The molecule has 1 aromatic rings. The first kappa shape index (κ1) is 23.8. The summed E-state index contributed by atoms with van der Waals surface area (Å²) in [6.07, 6.45) is 0.474. The van der Waals surface area contributed by atoms with Crippen LogP contribution < -0.4 is 14.9 Å². The van der Waals surface area contributed by atoms with Crippen molar-refractivity contribution in [2.45, 2.75) is 77.3 Å². The Balaban J connectivity index is 2.09. The molecule has 0 radical (unpaired) electrons. The van der Waals surface area contributed by atoms with Gasteiger partial charge in [0.1, 0.15) is 16.2 Å². The highest BCUT2D eigenvalue weighted by Gasteiger charge is 2.33. The zero-order valence-electron chi connectivity index (χ0n) is 18.5. The van der Waals surface area contributed by atoms with Crippen LogP contribution >= 0.6 is 0 Å². The Morgan fingerprint density at radius 1 is 1.34 bits per heavy atom. The largest absolute Gasteiger partial charge is 0.598 e. The second kappa shape index (κ2) is 9.10. The number of benzene rings is 1. The van der Waals surface area contributed by atoms with Gasteiger partial charge in [-0.3, -0.25) is 0 Å². The third-order valence-electron chi connectivity index (χ3n) is 4.63. The first-order valence-electron chi connectivity index (χ1n) is 9.99. The molecule has 3 atom stereocenters. The van der Waals surface area contributed by atoms with Gasteiger partial charge in [0.05, 0.1) is 6.04 Å². The van der Waals surface area contributed by atoms with Crippen molar-refractivity contribution in [3.05, 3.63) is 29.6 Å². The molecule has 29 heavy (non-hydrogen) atoms. The van der Waals surface area contributed by atoms with Crippen LogP contribution in [-0.2, 0) is 16.1 Å². The van der Waals surface area contributed by atoms with Gasteiger partial charge in [-0.25, -0.2) is 9.18 Å². The number of nitrogens with one attached hydrogen (secondary N) is 2. The third kappa shape index (κ3) is 6.76. The molecule has 1 aliphatic rings. The van der Waals surface area contributed by atoms with Crippen molar-refractivity contribution < 1.29 is 18.5 Å². The Morgan fingerprint density at radius 2 is 2.00 bits per heavy atom. The van der Waals surface area contributed by atoms with Crippen LogP contribution in [0, 0.1) is 5.82 Å². The molecule has 0 aliphatic carbocycles. The highest BCUT2D eigenvalue weighted by Crippen LogP contribution is 2.34. The first-order chi connectivity index (χ1) is 13.3. The minimum Gasteiger partial charge on any atom is -0.598 e. The lowest BCUT2D eigenvalue weighted by atomic mass is 9.97. The molecule has 8 heteroatoms. The first-order valence-corrected chi connectivity index (χ1v) is 11.1. The van der Waals surface area contributed by atoms with Crippen LogP contribution in [0.15, 0.2) is 18.2 Å². The van der Waals surface area contributed by atoms with Gasteiger partial charge in [0.15, 0.2) is 0 Å². The van der Waals surface area contributed by atoms with Gasteiger partial charge in [-0.05, 0) is 78.6 Å². The molecule has 2 unspecified atom stereocenters. The summed E-state index contributed by atoms with van der Waals surface area (Å²) in [6.45, 7) is 14.3. The molecule has 1 aromatic carbocycles. The Hall–Kier alpha value is -1.51. The summed E-state index contributed by atoms with van der Waals surface area (Å²) in [5.74, 6) is -0.331. The molecule has 1 aliphatic heterocycles. The SMILES string of the molecule is C[C@@H](N[S+]([O-])C(C)(C)C)c1cc(F)ccc1N1CCC1CNC(=O)OC(C)(C)C. The number of alkyl carbamates (subject to hydrolysis) is 1. The number of hydrogen-bond acceptors (Lipinski definition) is 5. The number of carbonyl (C=O) groups excluding carboxylic acids is 1. The summed E-state index contributed by atoms with van der Waals surface area (Å²) >= 11 is -1.27. The fourth-order valence-corrected chi connectivity index (χ4v) is 3.82. The molecule has 1 saturated heterocycles. The van der Waals surface area contributed by atoms with E-state index in [9.17, 15) is 13.7 Å². The molecular formula is C21H34FN3O3S. The number of rotatable bonds is 6. The maximum absolute atomic E-state index is 14.0. The lowest BCUT2D eigenvalue weighted by molar-refractivity contribution is 0.0521. The van der Waals surface area contributed by atoms with E-state index in [1.54, 1.807) is 6.07 Å². The number of anilines is 1. The van der Waals surface area contributed by atoms with E-state index < -0.39 is 27.8 Å². The number of nitrogens with zero attached hydrogens (tertiary/aromatic N) is 1. The van der Waals surface area contributed by atoms with Crippen LogP contribution in [0.25, 0.3) is 0 Å². The van der Waals surface area contributed by atoms with Crippen LogP contribution in [0.3, 0.4) is 0 Å². The van der Waals surface area contributed by atoms with Crippen molar-refractivity contribution in [3.8, 4) is 0 Å². The number of carbonyl (C=O) groups is 1. The predicted octanol–water partition coefficient (Wildman–Crippen LogP) is 4.04. The Bertz CT molecular complexity index is 718. The highest BCUT2D eigenvalue weighted by atomic mass is 32.2. The summed E-state index contributed by atoms with van der Waals surface area (Å²) in [6, 6.07) is 4.49. The van der Waals surface area contributed by atoms with Crippen molar-refractivity contribution in [1.29, 1.82) is 0 Å². The topological polar surface area (TPSA) is 76.7 Å². The number of halogens is 1. The molecule has 1 fully saturated rings. The van der Waals surface area contributed by atoms with E-state index >= 15 is 0 Å². The van der Waals surface area contributed by atoms with Gasteiger partial charge in [0, 0.05) is 36.2 Å². The minimum absolute atomic E-state index is 0.104. The average molecular weight is 428 g/mol. The zero-order valence-corrected chi connectivity index (χ0v) is 19.3. The molecule has 0 spiro atoms. The lowest BCUT2D eigenvalue weighted by Gasteiger charge is -2.44. The molecule has 0 aromatic heterocycles. The quantitative estimate of drug-likeness (QED) is 0.670. The molecule has 0 bridgehead atoms. The van der Waals surface area contributed by atoms with Crippen molar-refractivity contribution >= 4 is 23.1 Å². The molecule has 164 valence electrons. The van der Waals surface area contributed by atoms with Crippen molar-refractivity contribution in [2.75, 3.05) is 18.0 Å². The van der Waals surface area contributed by atoms with Gasteiger partial charge >= 0.3 is 6.09 Å². The van der Waals surface area contributed by atoms with E-state index in [1.165, 1.54) is 12.1 Å². The second-order valence-electron chi connectivity index (χ2n) is 9.44. The number of amides is 1. The summed E-state index contributed by atoms with van der Waals surface area (Å²) in [5, 5.41) is 2.81. The molecular weight excluding hydrogens is 393 g/mol. The van der Waals surface area contributed by atoms with Crippen LogP contribution in [-0.4, -0.2) is 40.1 Å². The predicted molar refractivity (Wildman–Crippen MR) is 116 cm³/mol. The Morgan fingerprint density at radius 3 is 2.52 bits per heavy atom. The molecule has 1 amide bonds. The second-order valence-corrected chi connectivity index (χ2v) is 11.4. The van der Waals surface area contributed by atoms with Crippen LogP contribution in [0.4, 0.5) is 14.9 Å². The summed E-state index contributed by atoms with van der Waals surface area (Å²) in [7, 11) is 0. The Labute approximate surface area is 176 Å². The van der Waals surface area contributed by atoms with Gasteiger partial charge in [-0.1, -0.05) is 0 Å². The van der Waals surface area contributed by atoms with Gasteiger partial charge in [0.25, 0.3) is 0 Å². The smallest absolute Gasteiger partial charge is 0.407 e. The standard InChI is InChI=1S/C21H34FN3O3S/c1-14(24-29(27)21(5,6)7)17-12-15(22)8-9-18(17)25-11-10-16(25)13-23-19(26)28-20(2,3)4/h8-9,12,14,16,24H,10-11,13H2,1-7H3,(H,23,26)/t14-,16?,29?/m1/s1. The monoisotopic (exact) mass is 427 g/mol. The number of hydrogen-bond donors (Lipinski definition) is 2. The fourth-order valence-electron chi connectivity index (χ4n) is 3.02. The van der Waals surface area contributed by atoms with E-state index in [-0.39, 0.29) is 17.9 Å². The summed E-state index contributed by atoms with van der Waals surface area (Å²) < 4.78 is 34.4. The molecule has 2 rings (SSSR count). The lowest BCUT2D eigenvalue weighted by Crippen LogP contribution is -2.54. The molecule has 6 nitrogen and oxygen atoms in total. The third-order valence-corrected chi connectivity index (χ3v) is 6.31. The maximum atomic E-state index is 14.0. The number of ether oxygens (including phenoxy) is 1. The van der Waals surface area contributed by atoms with E-state index in [0.717, 1.165) is 24.2 Å². The van der Waals surface area contributed by atoms with Crippen LogP contribution in [0.2, 0.25) is 0 Å². The maximum Gasteiger partial charge on any atom is 0.407 e. The van der Waals surface area contributed by atoms with Crippen LogP contribution in [0.5, 0.6) is 0 Å². The zero-order chi connectivity index (χ0) is 22.0. The van der Waals surface area contributed by atoms with Gasteiger partial charge < -0.3 is 19.5 Å². The van der Waals surface area contributed by atoms with Crippen LogP contribution in [0.1, 0.15) is 66.5 Å². The van der Waals surface area contributed by atoms with E-state index in [4.69, 9.17) is 4.74 Å². The summed E-state index contributed by atoms with van der Waals surface area (Å²) in [4.78, 5) is 14.1. The average Bonchev–Trinajstić information content (AvgIpc) is 2.52. The molecule has 2 N–H and O–H groups in total. The Kier molecular flexibility index (Phi) is 7.46. The normalized spacial score (nSPS) is 19.3.